The van der Waals surface area contributed by atoms with Crippen molar-refractivity contribution < 1.29 is 9.13 Å². The fourth-order valence-electron chi connectivity index (χ4n) is 3.71. The normalized spacial score (nSPS) is 24.6. The van der Waals surface area contributed by atoms with Crippen LogP contribution in [0.1, 0.15) is 44.2 Å². The average Bonchev–Trinajstić information content (AvgIpc) is 2.49. The molecule has 1 fully saturated rings. The Morgan fingerprint density at radius 3 is 2.81 bits per heavy atom. The van der Waals surface area contributed by atoms with Crippen LogP contribution in [0.15, 0.2) is 18.2 Å². The van der Waals surface area contributed by atoms with Gasteiger partial charge in [-0.3, -0.25) is 0 Å². The first-order chi connectivity index (χ1) is 10.2. The minimum absolute atomic E-state index is 0.126. The van der Waals surface area contributed by atoms with E-state index >= 15 is 0 Å². The van der Waals surface area contributed by atoms with Gasteiger partial charge in [-0.25, -0.2) is 4.39 Å². The summed E-state index contributed by atoms with van der Waals surface area (Å²) in [6.45, 7) is 5.54. The molecule has 0 aliphatic carbocycles. The van der Waals surface area contributed by atoms with Gasteiger partial charge in [0.2, 0.25) is 0 Å². The molecule has 1 unspecified atom stereocenters. The maximum absolute atomic E-state index is 13.5. The van der Waals surface area contributed by atoms with Crippen LogP contribution in [0.4, 0.5) is 4.39 Å². The summed E-state index contributed by atoms with van der Waals surface area (Å²) in [5.74, 6) is 0.508. The maximum Gasteiger partial charge on any atom is 0.127 e. The predicted molar refractivity (Wildman–Crippen MR) is 82.1 cm³/mol. The van der Waals surface area contributed by atoms with Crippen molar-refractivity contribution in [3.8, 4) is 5.75 Å². The van der Waals surface area contributed by atoms with E-state index in [9.17, 15) is 4.39 Å². The van der Waals surface area contributed by atoms with Gasteiger partial charge in [0, 0.05) is 37.2 Å². The van der Waals surface area contributed by atoms with Crippen LogP contribution in [0, 0.1) is 5.82 Å². The maximum atomic E-state index is 13.5. The highest BCUT2D eigenvalue weighted by atomic mass is 19.1. The monoisotopic (exact) mass is 292 g/mol. The Bertz CT molecular complexity index is 498. The molecule has 0 radical (unpaired) electrons. The molecule has 116 valence electrons. The molecule has 1 aromatic rings. The Hall–Kier alpha value is -1.13. The first kappa shape index (κ1) is 14.8. The minimum atomic E-state index is -0.218. The molecule has 0 bridgehead atoms. The van der Waals surface area contributed by atoms with E-state index in [1.165, 1.54) is 12.5 Å². The summed E-state index contributed by atoms with van der Waals surface area (Å²) in [7, 11) is 1.98. The van der Waals surface area contributed by atoms with E-state index < -0.39 is 0 Å². The number of rotatable bonds is 3. The van der Waals surface area contributed by atoms with E-state index in [2.05, 4.69) is 17.1 Å². The number of fused-ring (bicyclic) bond motifs is 1. The van der Waals surface area contributed by atoms with Gasteiger partial charge < -0.3 is 15.0 Å². The highest BCUT2D eigenvalue weighted by Gasteiger charge is 2.42. The topological polar surface area (TPSA) is 24.5 Å². The summed E-state index contributed by atoms with van der Waals surface area (Å²) in [6.07, 6.45) is 4.23. The van der Waals surface area contributed by atoms with Gasteiger partial charge in [0.25, 0.3) is 0 Å². The first-order valence-corrected chi connectivity index (χ1v) is 8.04. The number of halogens is 1. The van der Waals surface area contributed by atoms with Crippen LogP contribution < -0.4 is 10.1 Å². The Kier molecular flexibility index (Phi) is 4.18. The van der Waals surface area contributed by atoms with Crippen molar-refractivity contribution in [3.63, 3.8) is 0 Å². The Morgan fingerprint density at radius 1 is 1.38 bits per heavy atom. The van der Waals surface area contributed by atoms with E-state index in [1.807, 2.05) is 13.1 Å². The number of ether oxygens (including phenoxy) is 1. The lowest BCUT2D eigenvalue weighted by molar-refractivity contribution is -0.0247. The third-order valence-corrected chi connectivity index (χ3v) is 4.91. The molecule has 4 heteroatoms. The number of benzene rings is 1. The second-order valence-corrected chi connectivity index (χ2v) is 6.35. The lowest BCUT2D eigenvalue weighted by Crippen LogP contribution is -2.51. The average molecular weight is 292 g/mol. The third kappa shape index (κ3) is 2.92. The fourth-order valence-corrected chi connectivity index (χ4v) is 3.71. The van der Waals surface area contributed by atoms with E-state index in [4.69, 9.17) is 4.74 Å². The van der Waals surface area contributed by atoms with Crippen molar-refractivity contribution in [1.29, 1.82) is 0 Å². The fraction of sp³-hybridized carbons (Fsp3) is 0.647. The number of nitrogens with zero attached hydrogens (tertiary/aromatic N) is 1. The molecule has 0 saturated carbocycles. The quantitative estimate of drug-likeness (QED) is 0.926. The summed E-state index contributed by atoms with van der Waals surface area (Å²) in [5, 5.41) is 3.37. The minimum Gasteiger partial charge on any atom is -0.487 e. The Morgan fingerprint density at radius 2 is 2.14 bits per heavy atom. The first-order valence-electron chi connectivity index (χ1n) is 8.04. The Labute approximate surface area is 126 Å². The van der Waals surface area contributed by atoms with Crippen LogP contribution >= 0.6 is 0 Å². The number of hydrogen-bond acceptors (Lipinski definition) is 3. The van der Waals surface area contributed by atoms with Gasteiger partial charge in [-0.15, -0.1) is 0 Å². The molecule has 2 aliphatic rings. The summed E-state index contributed by atoms with van der Waals surface area (Å²) in [6, 6.07) is 5.17. The molecule has 1 atom stereocenters. The van der Waals surface area contributed by atoms with Crippen LogP contribution in [0.2, 0.25) is 0 Å². The molecule has 0 amide bonds. The van der Waals surface area contributed by atoms with Gasteiger partial charge in [-0.1, -0.05) is 13.0 Å². The van der Waals surface area contributed by atoms with Gasteiger partial charge in [-0.2, -0.15) is 0 Å². The van der Waals surface area contributed by atoms with E-state index in [-0.39, 0.29) is 17.5 Å². The zero-order chi connectivity index (χ0) is 14.9. The van der Waals surface area contributed by atoms with Gasteiger partial charge in [0.15, 0.2) is 0 Å². The molecule has 1 saturated heterocycles. The summed E-state index contributed by atoms with van der Waals surface area (Å²) < 4.78 is 19.8. The zero-order valence-electron chi connectivity index (χ0n) is 13.0. The molecule has 3 nitrogen and oxygen atoms in total. The van der Waals surface area contributed by atoms with Crippen molar-refractivity contribution in [2.45, 2.75) is 44.2 Å². The van der Waals surface area contributed by atoms with Crippen LogP contribution in [-0.4, -0.2) is 37.2 Å². The van der Waals surface area contributed by atoms with Crippen molar-refractivity contribution >= 4 is 0 Å². The molecule has 0 aromatic heterocycles. The number of hydrogen-bond donors (Lipinski definition) is 1. The molecular formula is C17H25FN2O. The van der Waals surface area contributed by atoms with Crippen LogP contribution in [0.5, 0.6) is 5.75 Å². The number of likely N-dealkylation sites (tertiary alicyclic amines) is 1. The third-order valence-electron chi connectivity index (χ3n) is 4.91. The van der Waals surface area contributed by atoms with Gasteiger partial charge in [0.1, 0.15) is 17.2 Å². The van der Waals surface area contributed by atoms with Crippen molar-refractivity contribution in [2.24, 2.45) is 0 Å². The van der Waals surface area contributed by atoms with Crippen LogP contribution in [0.3, 0.4) is 0 Å². The number of piperidine rings is 1. The van der Waals surface area contributed by atoms with Crippen LogP contribution in [-0.2, 0) is 0 Å². The molecular weight excluding hydrogens is 267 g/mol. The van der Waals surface area contributed by atoms with Crippen molar-refractivity contribution in [2.75, 3.05) is 26.7 Å². The van der Waals surface area contributed by atoms with Crippen molar-refractivity contribution in [1.82, 2.24) is 10.2 Å². The molecule has 1 N–H and O–H groups in total. The molecule has 2 heterocycles. The summed E-state index contributed by atoms with van der Waals surface area (Å²) >= 11 is 0. The molecule has 1 spiro atoms. The van der Waals surface area contributed by atoms with Crippen LogP contribution in [0.25, 0.3) is 0 Å². The Balaban J connectivity index is 1.80. The lowest BCUT2D eigenvalue weighted by Gasteiger charge is -2.47. The summed E-state index contributed by atoms with van der Waals surface area (Å²) in [5.41, 5.74) is 0.958. The molecule has 1 aromatic carbocycles. The zero-order valence-corrected chi connectivity index (χ0v) is 13.0. The predicted octanol–water partition coefficient (Wildman–Crippen LogP) is 3.11. The largest absolute Gasteiger partial charge is 0.487 e. The van der Waals surface area contributed by atoms with Gasteiger partial charge >= 0.3 is 0 Å². The van der Waals surface area contributed by atoms with Gasteiger partial charge in [-0.05, 0) is 38.9 Å². The van der Waals surface area contributed by atoms with E-state index in [1.54, 1.807) is 6.07 Å². The van der Waals surface area contributed by atoms with E-state index in [0.29, 0.717) is 0 Å². The van der Waals surface area contributed by atoms with E-state index in [0.717, 1.165) is 50.2 Å². The highest BCUT2D eigenvalue weighted by Crippen LogP contribution is 2.44. The molecule has 3 rings (SSSR count). The van der Waals surface area contributed by atoms with Crippen molar-refractivity contribution in [3.05, 3.63) is 29.6 Å². The van der Waals surface area contributed by atoms with Gasteiger partial charge in [0.05, 0.1) is 0 Å². The second-order valence-electron chi connectivity index (χ2n) is 6.35. The second kappa shape index (κ2) is 5.93. The summed E-state index contributed by atoms with van der Waals surface area (Å²) in [4.78, 5) is 2.50. The highest BCUT2D eigenvalue weighted by molar-refractivity contribution is 5.39. The number of nitrogens with one attached hydrogen (secondary N) is 1. The SMILES string of the molecule is CCCN1CCC2(CC1)CC(NC)c1ccc(F)cc1O2. The molecule has 21 heavy (non-hydrogen) atoms. The standard InChI is InChI=1S/C17H25FN2O/c1-3-8-20-9-6-17(7-10-20)12-15(19-2)14-5-4-13(18)11-16(14)21-17/h4-5,11,15,19H,3,6-10,12H2,1-2H3. The lowest BCUT2D eigenvalue weighted by atomic mass is 9.80. The smallest absolute Gasteiger partial charge is 0.127 e. The molecule has 2 aliphatic heterocycles.